The number of amides is 1. The van der Waals surface area contributed by atoms with Crippen molar-refractivity contribution in [1.29, 1.82) is 5.26 Å². The highest BCUT2D eigenvalue weighted by molar-refractivity contribution is 7.90. The van der Waals surface area contributed by atoms with Crippen molar-refractivity contribution in [3.05, 3.63) is 78.2 Å². The molecule has 4 rings (SSSR count). The molecule has 0 N–H and O–H groups in total. The minimum absolute atomic E-state index is 0.0757. The topological polar surface area (TPSA) is 104 Å². The Morgan fingerprint density at radius 2 is 1.79 bits per heavy atom. The SMILES string of the molecule is CS(=O)(=O)c1ccc(CC2(C#N)CCN(C(=O)c3ccccc3-c3ccncn3)CC2)cc1. The Labute approximate surface area is 193 Å². The van der Waals surface area contributed by atoms with Crippen molar-refractivity contribution in [2.24, 2.45) is 5.41 Å². The van der Waals surface area contributed by atoms with Gasteiger partial charge < -0.3 is 4.90 Å². The molecule has 0 bridgehead atoms. The lowest BCUT2D eigenvalue weighted by molar-refractivity contribution is 0.0648. The van der Waals surface area contributed by atoms with Gasteiger partial charge in [-0.3, -0.25) is 4.79 Å². The summed E-state index contributed by atoms with van der Waals surface area (Å²) in [5, 5.41) is 9.96. The zero-order valence-electron chi connectivity index (χ0n) is 18.3. The molecule has 2 aromatic carbocycles. The third-order valence-electron chi connectivity index (χ3n) is 6.15. The highest BCUT2D eigenvalue weighted by atomic mass is 32.2. The third-order valence-corrected chi connectivity index (χ3v) is 7.28. The fourth-order valence-corrected chi connectivity index (χ4v) is 4.85. The standard InChI is InChI=1S/C25H24N4O3S/c1-33(31,32)20-8-6-19(7-9-20)16-25(17-26)11-14-29(15-12-25)24(30)22-5-3-2-4-21(22)23-10-13-27-18-28-23/h2-10,13,18H,11-12,14-16H2,1H3. The van der Waals surface area contributed by atoms with Crippen molar-refractivity contribution >= 4 is 15.7 Å². The van der Waals surface area contributed by atoms with E-state index in [9.17, 15) is 18.5 Å². The summed E-state index contributed by atoms with van der Waals surface area (Å²) in [5.41, 5.74) is 2.35. The van der Waals surface area contributed by atoms with Crippen molar-refractivity contribution < 1.29 is 13.2 Å². The quantitative estimate of drug-likeness (QED) is 0.577. The number of benzene rings is 2. The van der Waals surface area contributed by atoms with Crippen LogP contribution < -0.4 is 0 Å². The Morgan fingerprint density at radius 3 is 2.39 bits per heavy atom. The monoisotopic (exact) mass is 460 g/mol. The number of hydrogen-bond acceptors (Lipinski definition) is 6. The molecule has 0 saturated carbocycles. The van der Waals surface area contributed by atoms with Gasteiger partial charge in [-0.2, -0.15) is 5.26 Å². The third kappa shape index (κ3) is 4.94. The minimum atomic E-state index is -3.26. The van der Waals surface area contributed by atoms with Crippen LogP contribution in [-0.2, 0) is 16.3 Å². The van der Waals surface area contributed by atoms with E-state index >= 15 is 0 Å². The van der Waals surface area contributed by atoms with E-state index in [1.54, 1.807) is 47.5 Å². The molecule has 1 amide bonds. The van der Waals surface area contributed by atoms with E-state index in [0.717, 1.165) is 11.1 Å². The summed E-state index contributed by atoms with van der Waals surface area (Å²) in [7, 11) is -3.26. The molecule has 1 saturated heterocycles. The molecule has 1 aliphatic rings. The van der Waals surface area contributed by atoms with Gasteiger partial charge >= 0.3 is 0 Å². The number of rotatable bonds is 5. The average Bonchev–Trinajstić information content (AvgIpc) is 2.84. The van der Waals surface area contributed by atoms with Crippen LogP contribution in [0.2, 0.25) is 0 Å². The zero-order valence-corrected chi connectivity index (χ0v) is 19.1. The molecule has 0 radical (unpaired) electrons. The first-order valence-electron chi connectivity index (χ1n) is 10.7. The first kappa shape index (κ1) is 22.6. The fourth-order valence-electron chi connectivity index (χ4n) is 4.22. The van der Waals surface area contributed by atoms with Gasteiger partial charge in [0.1, 0.15) is 6.33 Å². The van der Waals surface area contributed by atoms with Crippen LogP contribution in [0, 0.1) is 16.7 Å². The maximum Gasteiger partial charge on any atom is 0.254 e. The lowest BCUT2D eigenvalue weighted by atomic mass is 9.75. The Kier molecular flexibility index (Phi) is 6.25. The van der Waals surface area contributed by atoms with Crippen LogP contribution >= 0.6 is 0 Å². The van der Waals surface area contributed by atoms with Crippen molar-refractivity contribution in [1.82, 2.24) is 14.9 Å². The normalized spacial score (nSPS) is 15.6. The van der Waals surface area contributed by atoms with Gasteiger partial charge in [0.05, 0.1) is 22.1 Å². The predicted molar refractivity (Wildman–Crippen MR) is 124 cm³/mol. The van der Waals surface area contributed by atoms with Crippen LogP contribution in [0.4, 0.5) is 0 Å². The molecule has 1 aliphatic heterocycles. The fraction of sp³-hybridized carbons (Fsp3) is 0.280. The van der Waals surface area contributed by atoms with Crippen LogP contribution in [0.3, 0.4) is 0 Å². The van der Waals surface area contributed by atoms with E-state index in [1.165, 1.54) is 12.6 Å². The van der Waals surface area contributed by atoms with Gasteiger partial charge in [-0.1, -0.05) is 30.3 Å². The summed E-state index contributed by atoms with van der Waals surface area (Å²) >= 11 is 0. The van der Waals surface area contributed by atoms with Gasteiger partial charge in [0, 0.05) is 36.7 Å². The molecular weight excluding hydrogens is 436 g/mol. The molecule has 33 heavy (non-hydrogen) atoms. The molecule has 3 aromatic rings. The molecular formula is C25H24N4O3S. The Hall–Kier alpha value is -3.57. The number of carbonyl (C=O) groups excluding carboxylic acids is 1. The van der Waals surface area contributed by atoms with Gasteiger partial charge in [0.15, 0.2) is 9.84 Å². The number of piperidine rings is 1. The maximum absolute atomic E-state index is 13.3. The second kappa shape index (κ2) is 9.12. The van der Waals surface area contributed by atoms with E-state index in [2.05, 4.69) is 16.0 Å². The molecule has 0 unspecified atom stereocenters. The van der Waals surface area contributed by atoms with E-state index < -0.39 is 15.3 Å². The summed E-state index contributed by atoms with van der Waals surface area (Å²) in [4.78, 5) is 23.6. The lowest BCUT2D eigenvalue weighted by Crippen LogP contribution is -2.43. The number of nitriles is 1. The van der Waals surface area contributed by atoms with E-state index in [0.29, 0.717) is 43.6 Å². The highest BCUT2D eigenvalue weighted by Crippen LogP contribution is 2.36. The first-order valence-corrected chi connectivity index (χ1v) is 12.6. The van der Waals surface area contributed by atoms with E-state index in [-0.39, 0.29) is 10.8 Å². The molecule has 0 aliphatic carbocycles. The molecule has 1 aromatic heterocycles. The number of hydrogen-bond donors (Lipinski definition) is 0. The number of carbonyl (C=O) groups is 1. The van der Waals surface area contributed by atoms with Gasteiger partial charge in [-0.05, 0) is 49.1 Å². The van der Waals surface area contributed by atoms with E-state index in [4.69, 9.17) is 0 Å². The van der Waals surface area contributed by atoms with Crippen LogP contribution in [0.1, 0.15) is 28.8 Å². The second-order valence-corrected chi connectivity index (χ2v) is 10.4. The smallest absolute Gasteiger partial charge is 0.254 e. The molecule has 7 nitrogen and oxygen atoms in total. The zero-order chi connectivity index (χ0) is 23.5. The predicted octanol–water partition coefficient (Wildman–Crippen LogP) is 3.54. The molecule has 168 valence electrons. The molecule has 2 heterocycles. The lowest BCUT2D eigenvalue weighted by Gasteiger charge is -2.37. The summed E-state index contributed by atoms with van der Waals surface area (Å²) in [6.07, 6.45) is 5.91. The van der Waals surface area contributed by atoms with Gasteiger partial charge in [0.25, 0.3) is 5.91 Å². The first-order chi connectivity index (χ1) is 15.8. The van der Waals surface area contributed by atoms with Gasteiger partial charge in [-0.15, -0.1) is 0 Å². The molecule has 0 atom stereocenters. The van der Waals surface area contributed by atoms with Crippen LogP contribution in [0.5, 0.6) is 0 Å². The summed E-state index contributed by atoms with van der Waals surface area (Å²) in [6, 6.07) is 18.3. The second-order valence-electron chi connectivity index (χ2n) is 8.42. The Balaban J connectivity index is 1.48. The molecule has 0 spiro atoms. The Morgan fingerprint density at radius 1 is 1.09 bits per heavy atom. The summed E-state index contributed by atoms with van der Waals surface area (Å²) in [6.45, 7) is 0.956. The van der Waals surface area contributed by atoms with Crippen molar-refractivity contribution in [2.75, 3.05) is 19.3 Å². The number of nitrogens with zero attached hydrogens (tertiary/aromatic N) is 4. The number of likely N-dealkylation sites (tertiary alicyclic amines) is 1. The minimum Gasteiger partial charge on any atom is -0.339 e. The van der Waals surface area contributed by atoms with Crippen LogP contribution in [0.15, 0.2) is 72.0 Å². The van der Waals surface area contributed by atoms with Crippen molar-refractivity contribution in [3.8, 4) is 17.3 Å². The average molecular weight is 461 g/mol. The molecule has 1 fully saturated rings. The van der Waals surface area contributed by atoms with Gasteiger partial charge in [0.2, 0.25) is 0 Å². The maximum atomic E-state index is 13.3. The van der Waals surface area contributed by atoms with E-state index in [1.807, 2.05) is 18.2 Å². The van der Waals surface area contributed by atoms with Gasteiger partial charge in [-0.25, -0.2) is 18.4 Å². The highest BCUT2D eigenvalue weighted by Gasteiger charge is 2.37. The largest absolute Gasteiger partial charge is 0.339 e. The van der Waals surface area contributed by atoms with Crippen LogP contribution in [0.25, 0.3) is 11.3 Å². The van der Waals surface area contributed by atoms with Crippen molar-refractivity contribution in [2.45, 2.75) is 24.2 Å². The van der Waals surface area contributed by atoms with Crippen molar-refractivity contribution in [3.63, 3.8) is 0 Å². The summed E-state index contributed by atoms with van der Waals surface area (Å²) in [5.74, 6) is -0.0757. The Bertz CT molecular complexity index is 1290. The van der Waals surface area contributed by atoms with Crippen LogP contribution in [-0.4, -0.2) is 48.5 Å². The molecule has 8 heteroatoms. The number of aromatic nitrogens is 2. The summed E-state index contributed by atoms with van der Waals surface area (Å²) < 4.78 is 23.4. The number of sulfone groups is 1.